The van der Waals surface area contributed by atoms with Crippen LogP contribution in [0.3, 0.4) is 0 Å². The molecular formula is C29H50O3. The van der Waals surface area contributed by atoms with Gasteiger partial charge in [0.2, 0.25) is 0 Å². The minimum atomic E-state index is -0.228. The fourth-order valence-corrected chi connectivity index (χ4v) is 9.26. The Labute approximate surface area is 197 Å². The molecule has 4 aliphatic carbocycles. The van der Waals surface area contributed by atoms with Crippen molar-refractivity contribution in [2.24, 2.45) is 51.8 Å². The largest absolute Gasteiger partial charge is 0.393 e. The molecule has 4 fully saturated rings. The summed E-state index contributed by atoms with van der Waals surface area (Å²) in [6.07, 6.45) is 11.2. The van der Waals surface area contributed by atoms with Crippen molar-refractivity contribution < 1.29 is 15.0 Å². The Kier molecular flexibility index (Phi) is 6.69. The molecule has 4 saturated carbocycles. The number of aliphatic hydroxyl groups excluding tert-OH is 2. The number of hydrogen-bond donors (Lipinski definition) is 2. The zero-order valence-corrected chi connectivity index (χ0v) is 21.7. The monoisotopic (exact) mass is 446 g/mol. The SMILES string of the molecule is CCC(C)(C)C(=O)CC[C@@H](C)[C@H]1CC[C@H]2[C@@H]3CC[C@@H]4C[C@H](O)CC[C@]4(C)[C@H]3C[C@H](O)[C@]12C. The molecule has 4 aliphatic rings. The summed E-state index contributed by atoms with van der Waals surface area (Å²) < 4.78 is 0. The second kappa shape index (κ2) is 8.67. The lowest BCUT2D eigenvalue weighted by Gasteiger charge is -2.62. The van der Waals surface area contributed by atoms with E-state index in [-0.39, 0.29) is 23.0 Å². The summed E-state index contributed by atoms with van der Waals surface area (Å²) in [6, 6.07) is 0. The predicted octanol–water partition coefficient (Wildman–Crippen LogP) is 6.40. The smallest absolute Gasteiger partial charge is 0.138 e. The summed E-state index contributed by atoms with van der Waals surface area (Å²) in [5.74, 6) is 4.02. The van der Waals surface area contributed by atoms with Crippen LogP contribution in [0.1, 0.15) is 112 Å². The van der Waals surface area contributed by atoms with Gasteiger partial charge in [-0.05, 0) is 111 Å². The van der Waals surface area contributed by atoms with Gasteiger partial charge in [0.1, 0.15) is 5.78 Å². The van der Waals surface area contributed by atoms with Crippen LogP contribution in [0.5, 0.6) is 0 Å². The number of rotatable bonds is 6. The fourth-order valence-electron chi connectivity index (χ4n) is 9.26. The average molecular weight is 447 g/mol. The van der Waals surface area contributed by atoms with Gasteiger partial charge >= 0.3 is 0 Å². The molecule has 0 spiro atoms. The molecule has 0 bridgehead atoms. The van der Waals surface area contributed by atoms with E-state index in [9.17, 15) is 15.0 Å². The first-order valence-electron chi connectivity index (χ1n) is 13.8. The summed E-state index contributed by atoms with van der Waals surface area (Å²) in [7, 11) is 0. The summed E-state index contributed by atoms with van der Waals surface area (Å²) in [4.78, 5) is 12.8. The number of ketones is 1. The van der Waals surface area contributed by atoms with Gasteiger partial charge in [0.05, 0.1) is 12.2 Å². The molecule has 0 aromatic heterocycles. The number of carbonyl (C=O) groups is 1. The van der Waals surface area contributed by atoms with Gasteiger partial charge in [-0.3, -0.25) is 4.79 Å². The second-order valence-corrected chi connectivity index (χ2v) is 13.6. The highest BCUT2D eigenvalue weighted by atomic mass is 16.3. The first kappa shape index (κ1) is 24.7. The van der Waals surface area contributed by atoms with E-state index in [0.29, 0.717) is 47.2 Å². The number of fused-ring (bicyclic) bond motifs is 5. The Hall–Kier alpha value is -0.410. The van der Waals surface area contributed by atoms with E-state index < -0.39 is 0 Å². The quantitative estimate of drug-likeness (QED) is 0.496. The fraction of sp³-hybridized carbons (Fsp3) is 0.966. The molecule has 0 aliphatic heterocycles. The van der Waals surface area contributed by atoms with Gasteiger partial charge in [-0.15, -0.1) is 0 Å². The van der Waals surface area contributed by atoms with E-state index in [2.05, 4.69) is 41.5 Å². The van der Waals surface area contributed by atoms with Crippen LogP contribution in [0, 0.1) is 51.8 Å². The number of aliphatic hydroxyl groups is 2. The van der Waals surface area contributed by atoms with Crippen molar-refractivity contribution in [2.45, 2.75) is 124 Å². The van der Waals surface area contributed by atoms with Gasteiger partial charge in [-0.2, -0.15) is 0 Å². The van der Waals surface area contributed by atoms with Crippen molar-refractivity contribution >= 4 is 5.78 Å². The maximum Gasteiger partial charge on any atom is 0.138 e. The average Bonchev–Trinajstić information content (AvgIpc) is 3.12. The molecule has 184 valence electrons. The van der Waals surface area contributed by atoms with Crippen molar-refractivity contribution in [1.82, 2.24) is 0 Å². The molecule has 2 N–H and O–H groups in total. The first-order valence-corrected chi connectivity index (χ1v) is 13.8. The Bertz CT molecular complexity index is 701. The summed E-state index contributed by atoms with van der Waals surface area (Å²) in [5.41, 5.74) is 0.0919. The molecule has 10 atom stereocenters. The molecule has 0 heterocycles. The highest BCUT2D eigenvalue weighted by Crippen LogP contribution is 2.68. The van der Waals surface area contributed by atoms with Gasteiger partial charge in [0, 0.05) is 11.8 Å². The van der Waals surface area contributed by atoms with Gasteiger partial charge in [0.25, 0.3) is 0 Å². The normalized spacial score (nSPS) is 47.3. The Morgan fingerprint density at radius 3 is 2.44 bits per heavy atom. The maximum atomic E-state index is 12.8. The summed E-state index contributed by atoms with van der Waals surface area (Å²) in [5, 5.41) is 22.0. The molecule has 0 saturated heterocycles. The van der Waals surface area contributed by atoms with E-state index in [0.717, 1.165) is 44.4 Å². The lowest BCUT2D eigenvalue weighted by molar-refractivity contribution is -0.175. The second-order valence-electron chi connectivity index (χ2n) is 13.6. The molecule has 0 aromatic carbocycles. The molecular weight excluding hydrogens is 396 g/mol. The van der Waals surface area contributed by atoms with Crippen LogP contribution in [-0.2, 0) is 4.79 Å². The van der Waals surface area contributed by atoms with Crippen molar-refractivity contribution in [3.8, 4) is 0 Å². The van der Waals surface area contributed by atoms with E-state index in [1.165, 1.54) is 25.7 Å². The lowest BCUT2D eigenvalue weighted by Crippen LogP contribution is -2.58. The Morgan fingerprint density at radius 1 is 1.03 bits per heavy atom. The molecule has 0 aromatic rings. The lowest BCUT2D eigenvalue weighted by atomic mass is 9.43. The topological polar surface area (TPSA) is 57.5 Å². The zero-order chi connectivity index (χ0) is 23.5. The highest BCUT2D eigenvalue weighted by molar-refractivity contribution is 5.83. The van der Waals surface area contributed by atoms with Gasteiger partial charge in [0.15, 0.2) is 0 Å². The third-order valence-electron chi connectivity index (χ3n) is 12.0. The van der Waals surface area contributed by atoms with Gasteiger partial charge in [-0.25, -0.2) is 0 Å². The standard InChI is InChI=1S/C29H50O3/c1-7-27(3,4)25(31)13-8-18(2)22-11-12-23-21-10-9-19-16-20(30)14-15-28(19,5)24(21)17-26(32)29(22,23)6/h18-24,26,30,32H,7-17H2,1-6H3/t18-,19-,20-,21+,22-,23+,24+,26+,28+,29-/m1/s1. The van der Waals surface area contributed by atoms with E-state index in [1.807, 2.05) is 0 Å². The first-order chi connectivity index (χ1) is 14.9. The van der Waals surface area contributed by atoms with Gasteiger partial charge in [-0.1, -0.05) is 41.5 Å². The molecule has 0 radical (unpaired) electrons. The number of hydrogen-bond acceptors (Lipinski definition) is 3. The minimum Gasteiger partial charge on any atom is -0.393 e. The highest BCUT2D eigenvalue weighted by Gasteiger charge is 2.63. The molecule has 4 rings (SSSR count). The van der Waals surface area contributed by atoms with Crippen molar-refractivity contribution in [2.75, 3.05) is 0 Å². The van der Waals surface area contributed by atoms with Crippen LogP contribution in [0.25, 0.3) is 0 Å². The Balaban J connectivity index is 1.49. The van der Waals surface area contributed by atoms with Crippen LogP contribution in [-0.4, -0.2) is 28.2 Å². The number of Topliss-reactive ketones (excluding diaryl/α,β-unsaturated/α-hetero) is 1. The van der Waals surface area contributed by atoms with Crippen LogP contribution < -0.4 is 0 Å². The summed E-state index contributed by atoms with van der Waals surface area (Å²) in [6.45, 7) is 13.5. The van der Waals surface area contributed by atoms with E-state index >= 15 is 0 Å². The van der Waals surface area contributed by atoms with E-state index in [1.54, 1.807) is 0 Å². The molecule has 3 heteroatoms. The van der Waals surface area contributed by atoms with E-state index in [4.69, 9.17) is 0 Å². The van der Waals surface area contributed by atoms with Crippen molar-refractivity contribution in [1.29, 1.82) is 0 Å². The van der Waals surface area contributed by atoms with Gasteiger partial charge < -0.3 is 10.2 Å². The third-order valence-corrected chi connectivity index (χ3v) is 12.0. The molecule has 0 unspecified atom stereocenters. The van der Waals surface area contributed by atoms with Crippen molar-refractivity contribution in [3.05, 3.63) is 0 Å². The van der Waals surface area contributed by atoms with Crippen LogP contribution >= 0.6 is 0 Å². The molecule has 0 amide bonds. The zero-order valence-electron chi connectivity index (χ0n) is 21.7. The van der Waals surface area contributed by atoms with Crippen molar-refractivity contribution in [3.63, 3.8) is 0 Å². The third kappa shape index (κ3) is 3.82. The minimum absolute atomic E-state index is 0.00127. The molecule has 32 heavy (non-hydrogen) atoms. The summed E-state index contributed by atoms with van der Waals surface area (Å²) >= 11 is 0. The van der Waals surface area contributed by atoms with Crippen LogP contribution in [0.15, 0.2) is 0 Å². The maximum absolute atomic E-state index is 12.8. The molecule has 3 nitrogen and oxygen atoms in total. The van der Waals surface area contributed by atoms with Crippen LogP contribution in [0.4, 0.5) is 0 Å². The Morgan fingerprint density at radius 2 is 1.75 bits per heavy atom. The predicted molar refractivity (Wildman–Crippen MR) is 130 cm³/mol. The number of carbonyl (C=O) groups excluding carboxylic acids is 1. The van der Waals surface area contributed by atoms with Crippen LogP contribution in [0.2, 0.25) is 0 Å².